The highest BCUT2D eigenvalue weighted by Crippen LogP contribution is 2.24. The molecule has 0 spiro atoms. The van der Waals surface area contributed by atoms with Gasteiger partial charge in [0.2, 0.25) is 0 Å². The fourth-order valence-electron chi connectivity index (χ4n) is 3.15. The van der Waals surface area contributed by atoms with Crippen molar-refractivity contribution in [3.05, 3.63) is 82.1 Å². The minimum atomic E-state index is -0.138. The molecule has 146 valence electrons. The molecular weight excluding hydrogens is 374 g/mol. The Hall–Kier alpha value is -2.63. The largest absolute Gasteiger partial charge is 0.380 e. The predicted molar refractivity (Wildman–Crippen MR) is 111 cm³/mol. The molecule has 0 saturated heterocycles. The Morgan fingerprint density at radius 3 is 2.57 bits per heavy atom. The Morgan fingerprint density at radius 1 is 1.18 bits per heavy atom. The van der Waals surface area contributed by atoms with Crippen molar-refractivity contribution < 1.29 is 9.53 Å². The molecule has 2 aromatic carbocycles. The first kappa shape index (κ1) is 20.1. The van der Waals surface area contributed by atoms with Gasteiger partial charge in [0.15, 0.2) is 0 Å². The molecule has 0 fully saturated rings. The van der Waals surface area contributed by atoms with Gasteiger partial charge in [0.05, 0.1) is 29.7 Å². The summed E-state index contributed by atoms with van der Waals surface area (Å²) in [5.74, 6) is -0.00924. The first-order valence-corrected chi connectivity index (χ1v) is 9.56. The molecule has 6 heteroatoms. The monoisotopic (exact) mass is 397 g/mol. The lowest BCUT2D eigenvalue weighted by Gasteiger charge is -2.13. The van der Waals surface area contributed by atoms with Gasteiger partial charge in [-0.3, -0.25) is 4.79 Å². The summed E-state index contributed by atoms with van der Waals surface area (Å²) in [6, 6.07) is 15.4. The van der Waals surface area contributed by atoms with Gasteiger partial charge in [-0.15, -0.1) is 0 Å². The van der Waals surface area contributed by atoms with Gasteiger partial charge in [0.25, 0.3) is 5.91 Å². The molecule has 1 heterocycles. The summed E-state index contributed by atoms with van der Waals surface area (Å²) in [4.78, 5) is 12.8. The van der Waals surface area contributed by atoms with Crippen molar-refractivity contribution in [2.75, 3.05) is 7.11 Å². The quantitative estimate of drug-likeness (QED) is 0.627. The summed E-state index contributed by atoms with van der Waals surface area (Å²) in [5.41, 5.74) is 4.43. The molecule has 0 atom stereocenters. The van der Waals surface area contributed by atoms with Gasteiger partial charge in [-0.05, 0) is 41.3 Å². The Bertz CT molecular complexity index is 949. The number of benzene rings is 2. The molecule has 1 aromatic heterocycles. The van der Waals surface area contributed by atoms with Crippen molar-refractivity contribution in [1.82, 2.24) is 15.1 Å². The van der Waals surface area contributed by atoms with Crippen LogP contribution in [0.2, 0.25) is 5.02 Å². The van der Waals surface area contributed by atoms with E-state index < -0.39 is 0 Å². The summed E-state index contributed by atoms with van der Waals surface area (Å²) < 4.78 is 6.97. The fourth-order valence-corrected chi connectivity index (χ4v) is 3.28. The normalized spacial score (nSPS) is 11.0. The van der Waals surface area contributed by atoms with Crippen molar-refractivity contribution >= 4 is 17.5 Å². The van der Waals surface area contributed by atoms with Crippen LogP contribution in [-0.4, -0.2) is 22.8 Å². The highest BCUT2D eigenvalue weighted by Gasteiger charge is 2.20. The van der Waals surface area contributed by atoms with Gasteiger partial charge in [0.1, 0.15) is 0 Å². The van der Waals surface area contributed by atoms with E-state index >= 15 is 0 Å². The lowest BCUT2D eigenvalue weighted by Crippen LogP contribution is -2.24. The first-order valence-electron chi connectivity index (χ1n) is 9.18. The number of hydrogen-bond donors (Lipinski definition) is 1. The first-order chi connectivity index (χ1) is 13.5. The van der Waals surface area contributed by atoms with Crippen molar-refractivity contribution in [2.24, 2.45) is 0 Å². The fraction of sp³-hybridized carbons (Fsp3) is 0.273. The minimum Gasteiger partial charge on any atom is -0.380 e. The summed E-state index contributed by atoms with van der Waals surface area (Å²) in [7, 11) is 1.67. The van der Waals surface area contributed by atoms with E-state index in [1.54, 1.807) is 18.0 Å². The van der Waals surface area contributed by atoms with Crippen molar-refractivity contribution in [2.45, 2.75) is 32.9 Å². The van der Waals surface area contributed by atoms with Crippen LogP contribution in [0.15, 0.2) is 54.7 Å². The second kappa shape index (κ2) is 9.04. The number of nitrogens with one attached hydrogen (secondary N) is 1. The standard InChI is InChI=1S/C22H24ClN3O2/c1-15(2)21-20(13-25-26(21)19-9-7-18(23)8-10-19)22(27)24-12-16-5-4-6-17(11-16)14-28-3/h4-11,13,15H,12,14H2,1-3H3,(H,24,27). The Kier molecular flexibility index (Phi) is 6.49. The number of ether oxygens (including phenoxy) is 1. The molecule has 0 aliphatic carbocycles. The van der Waals surface area contributed by atoms with Crippen LogP contribution in [0, 0.1) is 0 Å². The van der Waals surface area contributed by atoms with Crippen LogP contribution in [0.4, 0.5) is 0 Å². The van der Waals surface area contributed by atoms with Crippen LogP contribution in [-0.2, 0) is 17.9 Å². The minimum absolute atomic E-state index is 0.129. The maximum absolute atomic E-state index is 12.8. The van der Waals surface area contributed by atoms with Crippen LogP contribution >= 0.6 is 11.6 Å². The lowest BCUT2D eigenvalue weighted by atomic mass is 10.0. The van der Waals surface area contributed by atoms with Gasteiger partial charge in [-0.2, -0.15) is 5.10 Å². The molecule has 0 aliphatic rings. The third-order valence-electron chi connectivity index (χ3n) is 4.42. The molecule has 3 aromatic rings. The molecule has 0 aliphatic heterocycles. The maximum Gasteiger partial charge on any atom is 0.255 e. The highest BCUT2D eigenvalue weighted by molar-refractivity contribution is 6.30. The van der Waals surface area contributed by atoms with E-state index in [1.165, 1.54) is 0 Å². The van der Waals surface area contributed by atoms with E-state index in [0.717, 1.165) is 22.5 Å². The summed E-state index contributed by atoms with van der Waals surface area (Å²) in [6.45, 7) is 5.09. The maximum atomic E-state index is 12.8. The van der Waals surface area contributed by atoms with Crippen LogP contribution in [0.25, 0.3) is 5.69 Å². The van der Waals surface area contributed by atoms with E-state index in [9.17, 15) is 4.79 Å². The summed E-state index contributed by atoms with van der Waals surface area (Å²) >= 11 is 5.99. The number of rotatable bonds is 7. The third-order valence-corrected chi connectivity index (χ3v) is 4.68. The van der Waals surface area contributed by atoms with E-state index in [0.29, 0.717) is 23.7 Å². The zero-order chi connectivity index (χ0) is 20.1. The second-order valence-electron chi connectivity index (χ2n) is 6.92. The number of nitrogens with zero attached hydrogens (tertiary/aromatic N) is 2. The molecule has 28 heavy (non-hydrogen) atoms. The highest BCUT2D eigenvalue weighted by atomic mass is 35.5. The molecule has 0 bridgehead atoms. The zero-order valence-corrected chi connectivity index (χ0v) is 17.0. The predicted octanol–water partition coefficient (Wildman–Crippen LogP) is 4.73. The number of aromatic nitrogens is 2. The smallest absolute Gasteiger partial charge is 0.255 e. The van der Waals surface area contributed by atoms with E-state index in [-0.39, 0.29) is 11.8 Å². The number of carbonyl (C=O) groups excluding carboxylic acids is 1. The summed E-state index contributed by atoms with van der Waals surface area (Å²) in [5, 5.41) is 8.11. The lowest BCUT2D eigenvalue weighted by molar-refractivity contribution is 0.0949. The molecule has 0 radical (unpaired) electrons. The van der Waals surface area contributed by atoms with Crippen LogP contribution < -0.4 is 5.32 Å². The van der Waals surface area contributed by atoms with Crippen LogP contribution in [0.3, 0.4) is 0 Å². The average molecular weight is 398 g/mol. The Balaban J connectivity index is 1.80. The number of amides is 1. The number of methoxy groups -OCH3 is 1. The SMILES string of the molecule is COCc1cccc(CNC(=O)c2cnn(-c3ccc(Cl)cc3)c2C(C)C)c1. The molecule has 5 nitrogen and oxygen atoms in total. The molecular formula is C22H24ClN3O2. The average Bonchev–Trinajstić information content (AvgIpc) is 3.13. The zero-order valence-electron chi connectivity index (χ0n) is 16.3. The number of hydrogen-bond acceptors (Lipinski definition) is 3. The van der Waals surface area contributed by atoms with Gasteiger partial charge < -0.3 is 10.1 Å². The van der Waals surface area contributed by atoms with Gasteiger partial charge in [-0.1, -0.05) is 49.7 Å². The van der Waals surface area contributed by atoms with Gasteiger partial charge in [0, 0.05) is 18.7 Å². The number of halogens is 1. The van der Waals surface area contributed by atoms with Crippen molar-refractivity contribution in [3.63, 3.8) is 0 Å². The Morgan fingerprint density at radius 2 is 1.89 bits per heavy atom. The second-order valence-corrected chi connectivity index (χ2v) is 7.36. The van der Waals surface area contributed by atoms with Crippen molar-refractivity contribution in [3.8, 4) is 5.69 Å². The molecule has 0 unspecified atom stereocenters. The van der Waals surface area contributed by atoms with Crippen LogP contribution in [0.1, 0.15) is 46.9 Å². The third kappa shape index (κ3) is 4.61. The van der Waals surface area contributed by atoms with E-state index in [2.05, 4.69) is 24.3 Å². The van der Waals surface area contributed by atoms with Crippen molar-refractivity contribution in [1.29, 1.82) is 0 Å². The molecule has 1 amide bonds. The molecule has 3 rings (SSSR count). The van der Waals surface area contributed by atoms with Gasteiger partial charge in [-0.25, -0.2) is 4.68 Å². The van der Waals surface area contributed by atoms with E-state index in [4.69, 9.17) is 16.3 Å². The Labute approximate surface area is 170 Å². The van der Waals surface area contributed by atoms with Gasteiger partial charge >= 0.3 is 0 Å². The molecule has 0 saturated carbocycles. The number of carbonyl (C=O) groups is 1. The van der Waals surface area contributed by atoms with Crippen LogP contribution in [0.5, 0.6) is 0 Å². The summed E-state index contributed by atoms with van der Waals surface area (Å²) in [6.07, 6.45) is 1.63. The molecule has 1 N–H and O–H groups in total. The van der Waals surface area contributed by atoms with E-state index in [1.807, 2.05) is 48.5 Å². The topological polar surface area (TPSA) is 56.1 Å².